The first-order valence-corrected chi connectivity index (χ1v) is 9.41. The Morgan fingerprint density at radius 3 is 2.61 bits per heavy atom. The molecule has 1 atom stereocenters. The lowest BCUT2D eigenvalue weighted by Gasteiger charge is -2.35. The number of likely N-dealkylation sites (tertiary alicyclic amines) is 1. The highest BCUT2D eigenvalue weighted by Crippen LogP contribution is 2.34. The standard InChI is InChI=1S/C20H24F3N3O2/c1-13(2)16-11-19(28-25-16)24-18(27)12-26-10-4-3-5-17(26)14-6-8-15(9-7-14)20(21,22)23/h6-9,11,13,17H,3-5,10,12H2,1-2H3,(H,24,27). The van der Waals surface area contributed by atoms with Crippen LogP contribution in [0.2, 0.25) is 0 Å². The molecule has 1 aliphatic rings. The fraction of sp³-hybridized carbons (Fsp3) is 0.500. The normalized spacial score (nSPS) is 18.4. The van der Waals surface area contributed by atoms with E-state index in [1.807, 2.05) is 18.7 Å². The molecule has 3 rings (SSSR count). The monoisotopic (exact) mass is 395 g/mol. The van der Waals surface area contributed by atoms with Crippen LogP contribution in [0.4, 0.5) is 19.1 Å². The third kappa shape index (κ3) is 4.92. The zero-order valence-corrected chi connectivity index (χ0v) is 15.9. The lowest BCUT2D eigenvalue weighted by molar-refractivity contribution is -0.137. The Morgan fingerprint density at radius 2 is 2.00 bits per heavy atom. The summed E-state index contributed by atoms with van der Waals surface area (Å²) in [6.45, 7) is 4.81. The predicted molar refractivity (Wildman–Crippen MR) is 98.8 cm³/mol. The summed E-state index contributed by atoms with van der Waals surface area (Å²) in [6.07, 6.45) is -1.62. The summed E-state index contributed by atoms with van der Waals surface area (Å²) in [7, 11) is 0. The summed E-state index contributed by atoms with van der Waals surface area (Å²) in [6, 6.07) is 6.84. The first kappa shape index (κ1) is 20.4. The number of halogens is 3. The van der Waals surface area contributed by atoms with Crippen molar-refractivity contribution >= 4 is 11.8 Å². The van der Waals surface area contributed by atoms with Crippen molar-refractivity contribution in [2.45, 2.75) is 51.2 Å². The summed E-state index contributed by atoms with van der Waals surface area (Å²) >= 11 is 0. The van der Waals surface area contributed by atoms with Crippen molar-refractivity contribution in [2.75, 3.05) is 18.4 Å². The molecule has 1 fully saturated rings. The Hall–Kier alpha value is -2.35. The van der Waals surface area contributed by atoms with E-state index in [-0.39, 0.29) is 24.4 Å². The topological polar surface area (TPSA) is 58.4 Å². The largest absolute Gasteiger partial charge is 0.416 e. The number of anilines is 1. The Balaban J connectivity index is 1.66. The molecule has 1 aromatic carbocycles. The van der Waals surface area contributed by atoms with Crippen LogP contribution in [-0.4, -0.2) is 29.1 Å². The van der Waals surface area contributed by atoms with Crippen LogP contribution >= 0.6 is 0 Å². The summed E-state index contributed by atoms with van der Waals surface area (Å²) in [5, 5.41) is 6.62. The number of benzene rings is 1. The van der Waals surface area contributed by atoms with Gasteiger partial charge in [-0.3, -0.25) is 15.0 Å². The molecule has 0 saturated carbocycles. The second-order valence-corrected chi connectivity index (χ2v) is 7.42. The first-order valence-electron chi connectivity index (χ1n) is 9.41. The predicted octanol–water partition coefficient (Wildman–Crippen LogP) is 4.98. The number of aromatic nitrogens is 1. The fourth-order valence-electron chi connectivity index (χ4n) is 3.43. The summed E-state index contributed by atoms with van der Waals surface area (Å²) in [5.74, 6) is 0.266. The lowest BCUT2D eigenvalue weighted by atomic mass is 9.94. The number of rotatable bonds is 5. The average molecular weight is 395 g/mol. The number of piperidine rings is 1. The minimum atomic E-state index is -4.35. The zero-order chi connectivity index (χ0) is 20.3. The van der Waals surface area contributed by atoms with E-state index in [1.54, 1.807) is 6.07 Å². The Labute approximate surface area is 161 Å². The van der Waals surface area contributed by atoms with Gasteiger partial charge in [-0.15, -0.1) is 0 Å². The Bertz CT molecular complexity index is 800. The van der Waals surface area contributed by atoms with Crippen LogP contribution in [0.15, 0.2) is 34.9 Å². The molecule has 8 heteroatoms. The number of alkyl halides is 3. The maximum atomic E-state index is 12.8. The van der Waals surface area contributed by atoms with Crippen LogP contribution in [0.3, 0.4) is 0 Å². The molecule has 0 bridgehead atoms. The molecule has 28 heavy (non-hydrogen) atoms. The van der Waals surface area contributed by atoms with Crippen LogP contribution in [0.5, 0.6) is 0 Å². The molecule has 2 heterocycles. The van der Waals surface area contributed by atoms with Crippen molar-refractivity contribution in [3.05, 3.63) is 47.2 Å². The molecule has 0 spiro atoms. The van der Waals surface area contributed by atoms with Crippen molar-refractivity contribution in [2.24, 2.45) is 0 Å². The van der Waals surface area contributed by atoms with Crippen molar-refractivity contribution in [3.8, 4) is 0 Å². The molecule has 0 radical (unpaired) electrons. The third-order valence-electron chi connectivity index (χ3n) is 4.97. The van der Waals surface area contributed by atoms with E-state index in [2.05, 4.69) is 10.5 Å². The van der Waals surface area contributed by atoms with Gasteiger partial charge in [0.1, 0.15) is 0 Å². The van der Waals surface area contributed by atoms with Gasteiger partial charge in [-0.05, 0) is 43.0 Å². The average Bonchev–Trinajstić information content (AvgIpc) is 3.10. The minimum absolute atomic E-state index is 0.0808. The van der Waals surface area contributed by atoms with Gasteiger partial charge in [0.05, 0.1) is 17.8 Å². The zero-order valence-electron chi connectivity index (χ0n) is 15.9. The van der Waals surface area contributed by atoms with Crippen molar-refractivity contribution < 1.29 is 22.5 Å². The molecule has 2 aromatic rings. The van der Waals surface area contributed by atoms with E-state index in [1.165, 1.54) is 12.1 Å². The van der Waals surface area contributed by atoms with Gasteiger partial charge in [0.15, 0.2) is 0 Å². The molecule has 1 saturated heterocycles. The molecule has 152 valence electrons. The summed E-state index contributed by atoms with van der Waals surface area (Å²) < 4.78 is 43.5. The molecular formula is C20H24F3N3O2. The molecular weight excluding hydrogens is 371 g/mol. The number of hydrogen-bond acceptors (Lipinski definition) is 4. The fourth-order valence-corrected chi connectivity index (χ4v) is 3.43. The second-order valence-electron chi connectivity index (χ2n) is 7.42. The highest BCUT2D eigenvalue weighted by atomic mass is 19.4. The van der Waals surface area contributed by atoms with E-state index in [9.17, 15) is 18.0 Å². The van der Waals surface area contributed by atoms with Crippen molar-refractivity contribution in [3.63, 3.8) is 0 Å². The highest BCUT2D eigenvalue weighted by Gasteiger charge is 2.31. The number of hydrogen-bond donors (Lipinski definition) is 1. The van der Waals surface area contributed by atoms with E-state index in [0.717, 1.165) is 42.7 Å². The SMILES string of the molecule is CC(C)c1cc(NC(=O)CN2CCCCC2c2ccc(C(F)(F)F)cc2)on1. The molecule has 1 N–H and O–H groups in total. The van der Waals surface area contributed by atoms with Gasteiger partial charge >= 0.3 is 6.18 Å². The lowest BCUT2D eigenvalue weighted by Crippen LogP contribution is -2.39. The smallest absolute Gasteiger partial charge is 0.338 e. The number of nitrogens with zero attached hydrogens (tertiary/aromatic N) is 2. The molecule has 5 nitrogen and oxygen atoms in total. The third-order valence-corrected chi connectivity index (χ3v) is 4.97. The first-order chi connectivity index (χ1) is 13.2. The Kier molecular flexibility index (Phi) is 6.07. The van der Waals surface area contributed by atoms with Crippen LogP contribution in [0.25, 0.3) is 0 Å². The summed E-state index contributed by atoms with van der Waals surface area (Å²) in [5.41, 5.74) is 0.890. The number of carbonyl (C=O) groups is 1. The molecule has 1 aromatic heterocycles. The van der Waals surface area contributed by atoms with Crippen LogP contribution < -0.4 is 5.32 Å². The maximum Gasteiger partial charge on any atom is 0.416 e. The number of amides is 1. The van der Waals surface area contributed by atoms with Crippen molar-refractivity contribution in [1.82, 2.24) is 10.1 Å². The quantitative estimate of drug-likeness (QED) is 0.776. The minimum Gasteiger partial charge on any atom is -0.338 e. The van der Waals surface area contributed by atoms with Gasteiger partial charge in [0, 0.05) is 12.1 Å². The van der Waals surface area contributed by atoms with Gasteiger partial charge in [-0.25, -0.2) is 0 Å². The van der Waals surface area contributed by atoms with Crippen LogP contribution in [0, 0.1) is 0 Å². The van der Waals surface area contributed by atoms with Gasteiger partial charge in [0.25, 0.3) is 0 Å². The maximum absolute atomic E-state index is 12.8. The second kappa shape index (κ2) is 8.34. The molecule has 1 aliphatic heterocycles. The van der Waals surface area contributed by atoms with E-state index >= 15 is 0 Å². The van der Waals surface area contributed by atoms with Crippen LogP contribution in [-0.2, 0) is 11.0 Å². The molecule has 1 amide bonds. The van der Waals surface area contributed by atoms with Crippen LogP contribution in [0.1, 0.15) is 61.9 Å². The van der Waals surface area contributed by atoms with Gasteiger partial charge in [0.2, 0.25) is 11.8 Å². The van der Waals surface area contributed by atoms with E-state index in [0.29, 0.717) is 12.4 Å². The molecule has 1 unspecified atom stereocenters. The van der Waals surface area contributed by atoms with E-state index in [4.69, 9.17) is 4.52 Å². The number of nitrogens with one attached hydrogen (secondary N) is 1. The van der Waals surface area contributed by atoms with Gasteiger partial charge < -0.3 is 4.52 Å². The van der Waals surface area contributed by atoms with Gasteiger partial charge in [-0.1, -0.05) is 37.6 Å². The van der Waals surface area contributed by atoms with Gasteiger partial charge in [-0.2, -0.15) is 13.2 Å². The molecule has 0 aliphatic carbocycles. The Morgan fingerprint density at radius 1 is 1.29 bits per heavy atom. The summed E-state index contributed by atoms with van der Waals surface area (Å²) in [4.78, 5) is 14.4. The van der Waals surface area contributed by atoms with E-state index < -0.39 is 11.7 Å². The number of carbonyl (C=O) groups excluding carboxylic acids is 1. The van der Waals surface area contributed by atoms with Crippen molar-refractivity contribution in [1.29, 1.82) is 0 Å². The highest BCUT2D eigenvalue weighted by molar-refractivity contribution is 5.91.